The van der Waals surface area contributed by atoms with Gasteiger partial charge in [0.1, 0.15) is 6.54 Å². The molecular weight excluding hydrogens is 188 g/mol. The third-order valence-corrected chi connectivity index (χ3v) is 2.65. The first-order chi connectivity index (χ1) is 7.24. The molecule has 0 radical (unpaired) electrons. The van der Waals surface area contributed by atoms with Crippen molar-refractivity contribution in [2.45, 2.75) is 13.8 Å². The van der Waals surface area contributed by atoms with Gasteiger partial charge in [0, 0.05) is 17.8 Å². The Bertz CT molecular complexity index is 423. The average molecular weight is 202 g/mol. The lowest BCUT2D eigenvalue weighted by molar-refractivity contribution is -0.117. The molecule has 0 saturated carbocycles. The van der Waals surface area contributed by atoms with Crippen molar-refractivity contribution in [1.82, 2.24) is 0 Å². The van der Waals surface area contributed by atoms with Gasteiger partial charge in [0.25, 0.3) is 0 Å². The van der Waals surface area contributed by atoms with Gasteiger partial charge in [0.2, 0.25) is 5.91 Å². The molecule has 1 heterocycles. The maximum Gasteiger partial charge on any atom is 0.248 e. The molecule has 1 aromatic rings. The number of nitrogens with zero attached hydrogens (tertiary/aromatic N) is 2. The lowest BCUT2D eigenvalue weighted by Crippen LogP contribution is -2.32. The van der Waals surface area contributed by atoms with Gasteiger partial charge in [0.15, 0.2) is 0 Å². The Balaban J connectivity index is 2.58. The summed E-state index contributed by atoms with van der Waals surface area (Å²) < 4.78 is 0. The molecule has 0 bridgehead atoms. The van der Waals surface area contributed by atoms with Gasteiger partial charge >= 0.3 is 0 Å². The van der Waals surface area contributed by atoms with Crippen molar-refractivity contribution in [3.8, 4) is 0 Å². The Hall–Kier alpha value is -1.64. The van der Waals surface area contributed by atoms with Crippen LogP contribution in [-0.4, -0.2) is 24.7 Å². The van der Waals surface area contributed by atoms with E-state index in [1.165, 1.54) is 0 Å². The molecule has 1 aliphatic rings. The monoisotopic (exact) mass is 202 g/mol. The van der Waals surface area contributed by atoms with E-state index in [-0.39, 0.29) is 12.5 Å². The number of carbonyl (C=O) groups is 1. The average Bonchev–Trinajstić information content (AvgIpc) is 2.38. The normalized spacial score (nSPS) is 15.7. The quantitative estimate of drug-likeness (QED) is 0.684. The number of hydrogen-bond donors (Lipinski definition) is 0. The fraction of sp³-hybridized carbons (Fsp3) is 0.333. The van der Waals surface area contributed by atoms with Gasteiger partial charge in [-0.05, 0) is 19.9 Å². The van der Waals surface area contributed by atoms with Crippen molar-refractivity contribution in [2.24, 2.45) is 4.99 Å². The Morgan fingerprint density at radius 1 is 1.40 bits per heavy atom. The number of aliphatic imine (C=N–C) groups is 1. The van der Waals surface area contributed by atoms with Crippen LogP contribution in [0.5, 0.6) is 0 Å². The first-order valence-electron chi connectivity index (χ1n) is 5.15. The molecule has 1 aromatic carbocycles. The van der Waals surface area contributed by atoms with Crippen LogP contribution in [0.1, 0.15) is 19.4 Å². The van der Waals surface area contributed by atoms with Crippen LogP contribution in [0, 0.1) is 0 Å². The van der Waals surface area contributed by atoms with Gasteiger partial charge in [-0.15, -0.1) is 0 Å². The van der Waals surface area contributed by atoms with Crippen LogP contribution >= 0.6 is 0 Å². The number of benzene rings is 1. The molecule has 78 valence electrons. The van der Waals surface area contributed by atoms with E-state index in [0.29, 0.717) is 6.54 Å². The van der Waals surface area contributed by atoms with Gasteiger partial charge in [0.05, 0.1) is 5.69 Å². The van der Waals surface area contributed by atoms with Crippen molar-refractivity contribution < 1.29 is 4.79 Å². The van der Waals surface area contributed by atoms with E-state index in [9.17, 15) is 4.79 Å². The van der Waals surface area contributed by atoms with E-state index in [0.717, 1.165) is 17.0 Å². The van der Waals surface area contributed by atoms with Crippen LogP contribution in [0.15, 0.2) is 29.3 Å². The molecule has 0 spiro atoms. The highest BCUT2D eigenvalue weighted by molar-refractivity contribution is 6.10. The zero-order valence-corrected chi connectivity index (χ0v) is 9.03. The molecule has 0 fully saturated rings. The summed E-state index contributed by atoms with van der Waals surface area (Å²) in [7, 11) is 0. The lowest BCUT2D eigenvalue weighted by Gasteiger charge is -2.20. The fourth-order valence-corrected chi connectivity index (χ4v) is 1.85. The lowest BCUT2D eigenvalue weighted by atomic mass is 10.1. The van der Waals surface area contributed by atoms with Gasteiger partial charge in [-0.1, -0.05) is 18.2 Å². The van der Waals surface area contributed by atoms with Crippen LogP contribution in [0.2, 0.25) is 0 Å². The molecule has 1 amide bonds. The van der Waals surface area contributed by atoms with Crippen LogP contribution in [0.25, 0.3) is 0 Å². The van der Waals surface area contributed by atoms with Crippen LogP contribution in [0.3, 0.4) is 0 Å². The summed E-state index contributed by atoms with van der Waals surface area (Å²) in [5, 5.41) is 0. The zero-order chi connectivity index (χ0) is 10.8. The smallest absolute Gasteiger partial charge is 0.248 e. The Labute approximate surface area is 89.4 Å². The third kappa shape index (κ3) is 1.65. The molecule has 3 nitrogen and oxygen atoms in total. The summed E-state index contributed by atoms with van der Waals surface area (Å²) in [6, 6.07) is 7.91. The third-order valence-electron chi connectivity index (χ3n) is 2.65. The predicted octanol–water partition coefficient (Wildman–Crippen LogP) is 1.86. The van der Waals surface area contributed by atoms with Gasteiger partial charge in [-0.25, -0.2) is 0 Å². The highest BCUT2D eigenvalue weighted by Gasteiger charge is 2.20. The van der Waals surface area contributed by atoms with E-state index in [1.807, 2.05) is 38.1 Å². The second-order valence-electron chi connectivity index (χ2n) is 3.56. The van der Waals surface area contributed by atoms with Gasteiger partial charge < -0.3 is 4.90 Å². The number of rotatable bonds is 1. The highest BCUT2D eigenvalue weighted by atomic mass is 16.2. The number of carbonyl (C=O) groups excluding carboxylic acids is 1. The van der Waals surface area contributed by atoms with Gasteiger partial charge in [-0.2, -0.15) is 0 Å². The van der Waals surface area contributed by atoms with Crippen molar-refractivity contribution in [3.05, 3.63) is 29.8 Å². The van der Waals surface area contributed by atoms with Crippen LogP contribution in [0.4, 0.5) is 5.69 Å². The number of hydrogen-bond acceptors (Lipinski definition) is 2. The molecule has 0 saturated heterocycles. The Morgan fingerprint density at radius 2 is 2.13 bits per heavy atom. The first-order valence-corrected chi connectivity index (χ1v) is 5.15. The Kier molecular flexibility index (Phi) is 2.54. The fourth-order valence-electron chi connectivity index (χ4n) is 1.85. The topological polar surface area (TPSA) is 32.7 Å². The van der Waals surface area contributed by atoms with Crippen molar-refractivity contribution >= 4 is 17.3 Å². The standard InChI is InChI=1S/C12H14N2O/c1-3-14-11-7-5-4-6-10(11)9(2)13-8-12(14)15/h4-7H,3,8H2,1-2H3. The molecule has 0 atom stereocenters. The second kappa shape index (κ2) is 3.85. The molecule has 0 N–H and O–H groups in total. The summed E-state index contributed by atoms with van der Waals surface area (Å²) in [6.07, 6.45) is 0. The van der Waals surface area contributed by atoms with Crippen LogP contribution < -0.4 is 4.90 Å². The van der Waals surface area contributed by atoms with Crippen molar-refractivity contribution in [2.75, 3.05) is 18.0 Å². The van der Waals surface area contributed by atoms with E-state index < -0.39 is 0 Å². The first kappa shape index (κ1) is 9.90. The number of fused-ring (bicyclic) bond motifs is 1. The summed E-state index contributed by atoms with van der Waals surface area (Å²) in [4.78, 5) is 17.8. The molecule has 1 aliphatic heterocycles. The molecule has 0 aliphatic carbocycles. The molecule has 2 rings (SSSR count). The van der Waals surface area contributed by atoms with E-state index >= 15 is 0 Å². The molecular formula is C12H14N2O. The largest absolute Gasteiger partial charge is 0.310 e. The SMILES string of the molecule is CCN1C(=O)CN=C(C)c2ccccc21. The number of amides is 1. The minimum Gasteiger partial charge on any atom is -0.310 e. The Morgan fingerprint density at radius 3 is 2.87 bits per heavy atom. The summed E-state index contributed by atoms with van der Waals surface area (Å²) in [6.45, 7) is 4.88. The molecule has 0 unspecified atom stereocenters. The van der Waals surface area contributed by atoms with Crippen molar-refractivity contribution in [3.63, 3.8) is 0 Å². The summed E-state index contributed by atoms with van der Waals surface area (Å²) in [5.41, 5.74) is 2.98. The number of para-hydroxylation sites is 1. The number of benzodiazepines with no additional fused rings is 1. The zero-order valence-electron chi connectivity index (χ0n) is 9.03. The number of likely N-dealkylation sites (N-methyl/N-ethyl adjacent to an activating group) is 1. The van der Waals surface area contributed by atoms with Gasteiger partial charge in [-0.3, -0.25) is 9.79 Å². The number of anilines is 1. The predicted molar refractivity (Wildman–Crippen MR) is 61.5 cm³/mol. The molecule has 15 heavy (non-hydrogen) atoms. The minimum atomic E-state index is 0.0711. The van der Waals surface area contributed by atoms with E-state index in [4.69, 9.17) is 0 Å². The van der Waals surface area contributed by atoms with E-state index in [2.05, 4.69) is 4.99 Å². The molecule has 0 aromatic heterocycles. The van der Waals surface area contributed by atoms with E-state index in [1.54, 1.807) is 4.90 Å². The molecule has 3 heteroatoms. The summed E-state index contributed by atoms with van der Waals surface area (Å²) in [5.74, 6) is 0.0711. The summed E-state index contributed by atoms with van der Waals surface area (Å²) >= 11 is 0. The highest BCUT2D eigenvalue weighted by Crippen LogP contribution is 2.23. The maximum absolute atomic E-state index is 11.8. The van der Waals surface area contributed by atoms with Crippen molar-refractivity contribution in [1.29, 1.82) is 0 Å². The second-order valence-corrected chi connectivity index (χ2v) is 3.56. The minimum absolute atomic E-state index is 0.0711. The van der Waals surface area contributed by atoms with Crippen LogP contribution in [-0.2, 0) is 4.79 Å². The maximum atomic E-state index is 11.8.